The van der Waals surface area contributed by atoms with Crippen LogP contribution in [-0.2, 0) is 20.0 Å². The van der Waals surface area contributed by atoms with Gasteiger partial charge in [-0.1, -0.05) is 17.7 Å². The second kappa shape index (κ2) is 6.09. The van der Waals surface area contributed by atoms with Crippen LogP contribution in [0.1, 0.15) is 29.5 Å². The molecule has 1 aliphatic heterocycles. The molecule has 1 saturated heterocycles. The largest absolute Gasteiger partial charge is 0.243 e. The van der Waals surface area contributed by atoms with Crippen LogP contribution < -0.4 is 0 Å². The van der Waals surface area contributed by atoms with Gasteiger partial charge in [-0.15, -0.1) is 0 Å². The van der Waals surface area contributed by atoms with Crippen molar-refractivity contribution in [2.45, 2.75) is 43.8 Å². The Balaban J connectivity index is 1.81. The number of hydrogen-bond acceptors (Lipinski definition) is 4. The fourth-order valence-corrected chi connectivity index (χ4v) is 7.10. The van der Waals surface area contributed by atoms with Crippen LogP contribution in [0.2, 0.25) is 0 Å². The molecule has 0 unspecified atom stereocenters. The zero-order valence-corrected chi connectivity index (χ0v) is 16.0. The van der Waals surface area contributed by atoms with E-state index < -0.39 is 20.0 Å². The molecule has 0 amide bonds. The number of nitrogens with zero attached hydrogens (tertiary/aromatic N) is 2. The third-order valence-electron chi connectivity index (χ3n) is 4.71. The Morgan fingerprint density at radius 2 is 1.29 bits per heavy atom. The first-order valence-electron chi connectivity index (χ1n) is 8.21. The molecule has 1 saturated carbocycles. The molecule has 24 heavy (non-hydrogen) atoms. The number of hydrogen-bond donors (Lipinski definition) is 0. The summed E-state index contributed by atoms with van der Waals surface area (Å²) in [5.41, 5.74) is 2.50. The van der Waals surface area contributed by atoms with Crippen LogP contribution in [-0.4, -0.2) is 56.9 Å². The Bertz CT molecular complexity index is 827. The van der Waals surface area contributed by atoms with Crippen LogP contribution >= 0.6 is 0 Å². The molecule has 0 atom stereocenters. The van der Waals surface area contributed by atoms with Crippen molar-refractivity contribution in [3.05, 3.63) is 28.8 Å². The van der Waals surface area contributed by atoms with Crippen molar-refractivity contribution in [1.29, 1.82) is 0 Å². The first-order valence-corrected chi connectivity index (χ1v) is 11.2. The summed E-state index contributed by atoms with van der Waals surface area (Å²) >= 11 is 0. The second-order valence-corrected chi connectivity index (χ2v) is 10.9. The molecular weight excluding hydrogens is 348 g/mol. The van der Waals surface area contributed by atoms with Crippen molar-refractivity contribution in [3.63, 3.8) is 0 Å². The summed E-state index contributed by atoms with van der Waals surface area (Å²) in [6.45, 7) is 6.45. The Hall–Kier alpha value is -0.960. The number of aryl methyl sites for hydroxylation is 3. The highest BCUT2D eigenvalue weighted by Gasteiger charge is 2.42. The molecule has 8 heteroatoms. The standard InChI is InChI=1S/C16H24N2O4S2/c1-12-10-13(2)16(14(3)11-12)24(21,22)18-8-6-17(7-9-18)23(19,20)15-4-5-15/h10-11,15H,4-9H2,1-3H3. The SMILES string of the molecule is Cc1cc(C)c(S(=O)(=O)N2CCN(S(=O)(=O)C3CC3)CC2)c(C)c1. The quantitative estimate of drug-likeness (QED) is 0.801. The van der Waals surface area contributed by atoms with E-state index in [1.807, 2.05) is 19.1 Å². The van der Waals surface area contributed by atoms with Gasteiger partial charge in [-0.3, -0.25) is 0 Å². The highest BCUT2D eigenvalue weighted by atomic mass is 32.2. The molecule has 6 nitrogen and oxygen atoms in total. The van der Waals surface area contributed by atoms with Crippen molar-refractivity contribution in [1.82, 2.24) is 8.61 Å². The minimum atomic E-state index is -3.60. The van der Waals surface area contributed by atoms with Gasteiger partial charge in [0.1, 0.15) is 0 Å². The topological polar surface area (TPSA) is 74.8 Å². The van der Waals surface area contributed by atoms with E-state index in [0.717, 1.165) is 29.5 Å². The van der Waals surface area contributed by atoms with Gasteiger partial charge >= 0.3 is 0 Å². The predicted octanol–water partition coefficient (Wildman–Crippen LogP) is 1.41. The van der Waals surface area contributed by atoms with E-state index in [-0.39, 0.29) is 31.4 Å². The number of piperazine rings is 1. The molecule has 0 N–H and O–H groups in total. The van der Waals surface area contributed by atoms with E-state index in [9.17, 15) is 16.8 Å². The maximum Gasteiger partial charge on any atom is 0.243 e. The molecule has 1 aromatic rings. The third kappa shape index (κ3) is 3.12. The van der Waals surface area contributed by atoms with Gasteiger partial charge in [0.15, 0.2) is 0 Å². The molecule has 0 aromatic heterocycles. The van der Waals surface area contributed by atoms with Crippen molar-refractivity contribution >= 4 is 20.0 Å². The summed E-state index contributed by atoms with van der Waals surface area (Å²) in [6, 6.07) is 3.74. The summed E-state index contributed by atoms with van der Waals surface area (Å²) in [5.74, 6) is 0. The lowest BCUT2D eigenvalue weighted by molar-refractivity contribution is 0.272. The van der Waals surface area contributed by atoms with E-state index in [0.29, 0.717) is 4.90 Å². The van der Waals surface area contributed by atoms with Crippen LogP contribution in [0.3, 0.4) is 0 Å². The lowest BCUT2D eigenvalue weighted by Gasteiger charge is -2.34. The highest BCUT2D eigenvalue weighted by molar-refractivity contribution is 7.90. The van der Waals surface area contributed by atoms with Crippen molar-refractivity contribution in [2.24, 2.45) is 0 Å². The molecule has 2 aliphatic rings. The summed E-state index contributed by atoms with van der Waals surface area (Å²) in [4.78, 5) is 0.353. The molecule has 0 spiro atoms. The zero-order chi connectivity index (χ0) is 17.7. The molecule has 134 valence electrons. The molecule has 1 aliphatic carbocycles. The monoisotopic (exact) mass is 372 g/mol. The maximum absolute atomic E-state index is 13.0. The smallest absolute Gasteiger partial charge is 0.212 e. The van der Waals surface area contributed by atoms with Crippen LogP contribution in [0.25, 0.3) is 0 Å². The average Bonchev–Trinajstić information content (AvgIpc) is 3.31. The van der Waals surface area contributed by atoms with Gasteiger partial charge in [0.05, 0.1) is 10.1 Å². The minimum Gasteiger partial charge on any atom is -0.212 e. The van der Waals surface area contributed by atoms with E-state index in [1.54, 1.807) is 13.8 Å². The summed E-state index contributed by atoms with van der Waals surface area (Å²) in [6.07, 6.45) is 1.45. The Morgan fingerprint density at radius 1 is 0.833 bits per heavy atom. The van der Waals surface area contributed by atoms with Gasteiger partial charge in [0.25, 0.3) is 0 Å². The summed E-state index contributed by atoms with van der Waals surface area (Å²) in [5, 5.41) is -0.248. The van der Waals surface area contributed by atoms with E-state index >= 15 is 0 Å². The van der Waals surface area contributed by atoms with Gasteiger partial charge in [0, 0.05) is 26.2 Å². The summed E-state index contributed by atoms with van der Waals surface area (Å²) < 4.78 is 53.4. The van der Waals surface area contributed by atoms with Crippen LogP contribution in [0.4, 0.5) is 0 Å². The lowest BCUT2D eigenvalue weighted by atomic mass is 10.1. The Labute approximate surface area is 144 Å². The molecule has 0 radical (unpaired) electrons. The van der Waals surface area contributed by atoms with Gasteiger partial charge in [-0.25, -0.2) is 16.8 Å². The summed E-state index contributed by atoms with van der Waals surface area (Å²) in [7, 11) is -6.83. The number of sulfonamides is 2. The zero-order valence-electron chi connectivity index (χ0n) is 14.3. The minimum absolute atomic E-state index is 0.209. The fourth-order valence-electron chi connectivity index (χ4n) is 3.44. The lowest BCUT2D eigenvalue weighted by Crippen LogP contribution is -2.51. The van der Waals surface area contributed by atoms with Crippen molar-refractivity contribution in [3.8, 4) is 0 Å². The van der Waals surface area contributed by atoms with E-state index in [2.05, 4.69) is 0 Å². The van der Waals surface area contributed by atoms with E-state index in [1.165, 1.54) is 8.61 Å². The van der Waals surface area contributed by atoms with Crippen LogP contribution in [0.15, 0.2) is 17.0 Å². The predicted molar refractivity (Wildman–Crippen MR) is 92.9 cm³/mol. The normalized spacial score (nSPS) is 21.1. The number of benzene rings is 1. The Kier molecular flexibility index (Phi) is 4.53. The van der Waals surface area contributed by atoms with E-state index in [4.69, 9.17) is 0 Å². The van der Waals surface area contributed by atoms with Crippen LogP contribution in [0.5, 0.6) is 0 Å². The number of rotatable bonds is 4. The first-order chi connectivity index (χ1) is 11.1. The van der Waals surface area contributed by atoms with Crippen molar-refractivity contribution in [2.75, 3.05) is 26.2 Å². The molecule has 1 heterocycles. The molecule has 0 bridgehead atoms. The maximum atomic E-state index is 13.0. The van der Waals surface area contributed by atoms with Gasteiger partial charge in [0.2, 0.25) is 20.0 Å². The fraction of sp³-hybridized carbons (Fsp3) is 0.625. The molecular formula is C16H24N2O4S2. The second-order valence-electron chi connectivity index (χ2n) is 6.78. The first kappa shape index (κ1) is 17.8. The van der Waals surface area contributed by atoms with Crippen molar-refractivity contribution < 1.29 is 16.8 Å². The van der Waals surface area contributed by atoms with Gasteiger partial charge in [-0.2, -0.15) is 8.61 Å². The van der Waals surface area contributed by atoms with Gasteiger partial charge in [-0.05, 0) is 44.7 Å². The van der Waals surface area contributed by atoms with Crippen LogP contribution in [0, 0.1) is 20.8 Å². The molecule has 1 aromatic carbocycles. The van der Waals surface area contributed by atoms with Gasteiger partial charge < -0.3 is 0 Å². The average molecular weight is 373 g/mol. The third-order valence-corrected chi connectivity index (χ3v) is 9.31. The molecule has 2 fully saturated rings. The highest BCUT2D eigenvalue weighted by Crippen LogP contribution is 2.32. The molecule has 3 rings (SSSR count). The Morgan fingerprint density at radius 3 is 1.75 bits per heavy atom.